The van der Waals surface area contributed by atoms with Crippen molar-refractivity contribution in [3.63, 3.8) is 0 Å². The Labute approximate surface area is 139 Å². The number of ether oxygens (including phenoxy) is 2. The molecule has 2 atom stereocenters. The molecular weight excluding hydrogens is 314 g/mol. The van der Waals surface area contributed by atoms with Crippen LogP contribution >= 0.6 is 0 Å². The number of nitrogens with zero attached hydrogens (tertiary/aromatic N) is 1. The molecule has 0 aliphatic heterocycles. The summed E-state index contributed by atoms with van der Waals surface area (Å²) in [5, 5.41) is -0.357. The second kappa shape index (κ2) is 6.74. The third-order valence-corrected chi connectivity index (χ3v) is 5.08. The number of methoxy groups -OCH3 is 2. The molecule has 1 aromatic heterocycles. The normalized spacial score (nSPS) is 14.3. The second-order valence-corrected chi connectivity index (χ2v) is 8.04. The first kappa shape index (κ1) is 17.5. The standard InChI is InChI=1S/C17H23NO4S/c1-11(16-18-10-15(22-16)17(2,3)4)23(19)12-7-8-13(20-5)14(9-12)21-6/h7-11H,1-6H3/t11-,23+/m1/s1. The Morgan fingerprint density at radius 2 is 1.83 bits per heavy atom. The van der Waals surface area contributed by atoms with Crippen LogP contribution in [0.2, 0.25) is 0 Å². The van der Waals surface area contributed by atoms with Gasteiger partial charge >= 0.3 is 0 Å². The van der Waals surface area contributed by atoms with Gasteiger partial charge in [0.1, 0.15) is 11.0 Å². The zero-order chi connectivity index (χ0) is 17.2. The van der Waals surface area contributed by atoms with Gasteiger partial charge in [-0.05, 0) is 19.1 Å². The van der Waals surface area contributed by atoms with Gasteiger partial charge in [-0.15, -0.1) is 0 Å². The molecule has 1 heterocycles. The fraction of sp³-hybridized carbons (Fsp3) is 0.471. The fourth-order valence-electron chi connectivity index (χ4n) is 2.06. The number of aromatic nitrogens is 1. The van der Waals surface area contributed by atoms with E-state index in [9.17, 15) is 4.21 Å². The van der Waals surface area contributed by atoms with Gasteiger partial charge < -0.3 is 13.9 Å². The SMILES string of the molecule is COc1ccc([S@@](=O)[C@H](C)c2ncc(C(C)(C)C)o2)cc1OC. The molecule has 0 spiro atoms. The van der Waals surface area contributed by atoms with Crippen LogP contribution in [0.4, 0.5) is 0 Å². The van der Waals surface area contributed by atoms with E-state index in [1.807, 2.05) is 27.7 Å². The van der Waals surface area contributed by atoms with Crippen molar-refractivity contribution in [3.8, 4) is 11.5 Å². The Balaban J connectivity index is 2.27. The van der Waals surface area contributed by atoms with Crippen molar-refractivity contribution >= 4 is 10.8 Å². The van der Waals surface area contributed by atoms with Crippen molar-refractivity contribution in [1.82, 2.24) is 4.98 Å². The molecular formula is C17H23NO4S. The van der Waals surface area contributed by atoms with Gasteiger partial charge in [0.25, 0.3) is 0 Å². The summed E-state index contributed by atoms with van der Waals surface area (Å²) >= 11 is 0. The lowest BCUT2D eigenvalue weighted by Crippen LogP contribution is -2.09. The van der Waals surface area contributed by atoms with Crippen molar-refractivity contribution in [2.45, 2.75) is 43.3 Å². The Kier molecular flexibility index (Phi) is 5.14. The molecule has 1 aromatic carbocycles. The minimum Gasteiger partial charge on any atom is -0.493 e. The fourth-order valence-corrected chi connectivity index (χ4v) is 3.19. The van der Waals surface area contributed by atoms with Gasteiger partial charge in [-0.2, -0.15) is 0 Å². The van der Waals surface area contributed by atoms with Crippen LogP contribution in [0.25, 0.3) is 0 Å². The molecule has 0 aliphatic rings. The highest BCUT2D eigenvalue weighted by Gasteiger charge is 2.25. The Bertz CT molecular complexity index is 703. The largest absolute Gasteiger partial charge is 0.493 e. The van der Waals surface area contributed by atoms with Gasteiger partial charge in [-0.3, -0.25) is 4.21 Å². The van der Waals surface area contributed by atoms with Crippen LogP contribution < -0.4 is 9.47 Å². The summed E-state index contributed by atoms with van der Waals surface area (Å²) in [6, 6.07) is 5.23. The van der Waals surface area contributed by atoms with Crippen LogP contribution in [0.5, 0.6) is 11.5 Å². The maximum atomic E-state index is 12.8. The van der Waals surface area contributed by atoms with Crippen molar-refractivity contribution in [2.24, 2.45) is 0 Å². The topological polar surface area (TPSA) is 61.6 Å². The van der Waals surface area contributed by atoms with E-state index in [-0.39, 0.29) is 10.7 Å². The average Bonchev–Trinajstić information content (AvgIpc) is 3.02. The molecule has 0 N–H and O–H groups in total. The number of rotatable bonds is 5. The molecule has 0 unspecified atom stereocenters. The number of hydrogen-bond acceptors (Lipinski definition) is 5. The summed E-state index contributed by atoms with van der Waals surface area (Å²) in [4.78, 5) is 4.93. The third-order valence-electron chi connectivity index (χ3n) is 3.52. The zero-order valence-electron chi connectivity index (χ0n) is 14.4. The number of hydrogen-bond donors (Lipinski definition) is 0. The summed E-state index contributed by atoms with van der Waals surface area (Å²) in [5.41, 5.74) is -0.129. The Morgan fingerprint density at radius 1 is 1.17 bits per heavy atom. The van der Waals surface area contributed by atoms with E-state index in [1.165, 1.54) is 0 Å². The van der Waals surface area contributed by atoms with Crippen LogP contribution in [0, 0.1) is 0 Å². The van der Waals surface area contributed by atoms with E-state index in [2.05, 4.69) is 4.98 Å². The lowest BCUT2D eigenvalue weighted by Gasteiger charge is -2.14. The van der Waals surface area contributed by atoms with Gasteiger partial charge in [0, 0.05) is 16.4 Å². The first-order valence-corrected chi connectivity index (χ1v) is 8.58. The van der Waals surface area contributed by atoms with E-state index in [4.69, 9.17) is 13.9 Å². The van der Waals surface area contributed by atoms with E-state index in [0.717, 1.165) is 5.76 Å². The minimum absolute atomic E-state index is 0.129. The van der Waals surface area contributed by atoms with Crippen molar-refractivity contribution in [2.75, 3.05) is 14.2 Å². The van der Waals surface area contributed by atoms with Gasteiger partial charge in [0.15, 0.2) is 11.5 Å². The smallest absolute Gasteiger partial charge is 0.210 e. The maximum Gasteiger partial charge on any atom is 0.210 e. The first-order valence-electron chi connectivity index (χ1n) is 7.36. The third kappa shape index (κ3) is 3.75. The summed E-state index contributed by atoms with van der Waals surface area (Å²) in [5.74, 6) is 2.41. The predicted molar refractivity (Wildman–Crippen MR) is 89.6 cm³/mol. The van der Waals surface area contributed by atoms with E-state index in [1.54, 1.807) is 38.6 Å². The van der Waals surface area contributed by atoms with Gasteiger partial charge in [0.2, 0.25) is 5.89 Å². The first-order chi connectivity index (χ1) is 10.8. The molecule has 0 bridgehead atoms. The van der Waals surface area contributed by atoms with Crippen molar-refractivity contribution in [3.05, 3.63) is 36.0 Å². The molecule has 0 saturated carbocycles. The van der Waals surface area contributed by atoms with Gasteiger partial charge in [-0.25, -0.2) is 4.98 Å². The maximum absolute atomic E-state index is 12.8. The molecule has 2 aromatic rings. The molecule has 0 radical (unpaired) electrons. The highest BCUT2D eigenvalue weighted by atomic mass is 32.2. The summed E-state index contributed by atoms with van der Waals surface area (Å²) in [6.45, 7) is 7.98. The molecule has 0 aliphatic carbocycles. The molecule has 126 valence electrons. The molecule has 2 rings (SSSR count). The lowest BCUT2D eigenvalue weighted by atomic mass is 9.94. The second-order valence-electron chi connectivity index (χ2n) is 6.27. The van der Waals surface area contributed by atoms with Gasteiger partial charge in [-0.1, -0.05) is 20.8 Å². The van der Waals surface area contributed by atoms with Crippen LogP contribution in [0.1, 0.15) is 44.6 Å². The predicted octanol–water partition coefficient (Wildman–Crippen LogP) is 3.86. The van der Waals surface area contributed by atoms with Crippen LogP contribution in [-0.2, 0) is 16.2 Å². The molecule has 0 fully saturated rings. The highest BCUT2D eigenvalue weighted by Crippen LogP contribution is 2.33. The van der Waals surface area contributed by atoms with Crippen LogP contribution in [0.15, 0.2) is 33.7 Å². The summed E-state index contributed by atoms with van der Waals surface area (Å²) < 4.78 is 29.0. The molecule has 0 saturated heterocycles. The molecule has 6 heteroatoms. The zero-order valence-corrected chi connectivity index (χ0v) is 15.2. The quantitative estimate of drug-likeness (QED) is 0.829. The minimum atomic E-state index is -1.31. The Hall–Kier alpha value is -1.82. The monoisotopic (exact) mass is 337 g/mol. The lowest BCUT2D eigenvalue weighted by molar-refractivity contribution is 0.354. The summed E-state index contributed by atoms with van der Waals surface area (Å²) in [6.07, 6.45) is 1.71. The number of benzene rings is 1. The summed E-state index contributed by atoms with van der Waals surface area (Å²) in [7, 11) is 1.81. The average molecular weight is 337 g/mol. The van der Waals surface area contributed by atoms with Crippen molar-refractivity contribution < 1.29 is 18.1 Å². The molecule has 5 nitrogen and oxygen atoms in total. The van der Waals surface area contributed by atoms with Crippen molar-refractivity contribution in [1.29, 1.82) is 0 Å². The van der Waals surface area contributed by atoms with Crippen LogP contribution in [-0.4, -0.2) is 23.4 Å². The van der Waals surface area contributed by atoms with E-state index < -0.39 is 10.8 Å². The molecule has 0 amide bonds. The highest BCUT2D eigenvalue weighted by molar-refractivity contribution is 7.85. The van der Waals surface area contributed by atoms with Crippen LogP contribution in [0.3, 0.4) is 0 Å². The molecule has 23 heavy (non-hydrogen) atoms. The Morgan fingerprint density at radius 3 is 2.35 bits per heavy atom. The number of oxazole rings is 1. The van der Waals surface area contributed by atoms with E-state index in [0.29, 0.717) is 22.3 Å². The van der Waals surface area contributed by atoms with E-state index >= 15 is 0 Å². The van der Waals surface area contributed by atoms with Gasteiger partial charge in [0.05, 0.1) is 31.2 Å².